The summed E-state index contributed by atoms with van der Waals surface area (Å²) in [4.78, 5) is 13.0. The Hall–Kier alpha value is -1.55. The average molecular weight is 235 g/mol. The summed E-state index contributed by atoms with van der Waals surface area (Å²) in [7, 11) is 0. The Morgan fingerprint density at radius 3 is 2.82 bits per heavy atom. The summed E-state index contributed by atoms with van der Waals surface area (Å²) >= 11 is 0. The molecule has 92 valence electrons. The molecule has 0 amide bonds. The Kier molecular flexibility index (Phi) is 3.33. The minimum Gasteiger partial charge on any atom is -0.508 e. The third-order valence-electron chi connectivity index (χ3n) is 3.40. The molecule has 2 rings (SSSR count). The number of phenolic OH excluding ortho intramolecular Hbond substituents is 1. The lowest BCUT2D eigenvalue weighted by Gasteiger charge is -2.41. The molecule has 0 spiro atoms. The molecular weight excluding hydrogens is 218 g/mol. The Balaban J connectivity index is 1.83. The number of aromatic hydroxyl groups is 1. The van der Waals surface area contributed by atoms with Crippen LogP contribution in [-0.4, -0.2) is 34.2 Å². The molecule has 1 aromatic carbocycles. The second-order valence-corrected chi connectivity index (χ2v) is 4.75. The number of carboxylic acids is 1. The molecule has 1 aliphatic rings. The molecule has 0 radical (unpaired) electrons. The van der Waals surface area contributed by atoms with Gasteiger partial charge in [-0.3, -0.25) is 9.69 Å². The molecule has 17 heavy (non-hydrogen) atoms. The molecule has 0 saturated carbocycles. The van der Waals surface area contributed by atoms with Gasteiger partial charge < -0.3 is 10.2 Å². The molecule has 0 aliphatic carbocycles. The molecule has 4 nitrogen and oxygen atoms in total. The van der Waals surface area contributed by atoms with Crippen LogP contribution in [0.2, 0.25) is 0 Å². The maximum Gasteiger partial charge on any atom is 0.306 e. The number of hydrogen-bond donors (Lipinski definition) is 2. The number of aliphatic carboxylic acids is 1. The second-order valence-electron chi connectivity index (χ2n) is 4.75. The molecule has 1 atom stereocenters. The lowest BCUT2D eigenvalue weighted by atomic mass is 9.87. The highest BCUT2D eigenvalue weighted by molar-refractivity contribution is 5.70. The largest absolute Gasteiger partial charge is 0.508 e. The topological polar surface area (TPSA) is 60.8 Å². The van der Waals surface area contributed by atoms with Gasteiger partial charge in [0.2, 0.25) is 0 Å². The third-order valence-corrected chi connectivity index (χ3v) is 3.40. The van der Waals surface area contributed by atoms with Crippen molar-refractivity contribution in [3.8, 4) is 5.75 Å². The van der Waals surface area contributed by atoms with Crippen LogP contribution in [0.3, 0.4) is 0 Å². The molecule has 1 unspecified atom stereocenters. The fourth-order valence-corrected chi connectivity index (χ4v) is 2.17. The highest BCUT2D eigenvalue weighted by Crippen LogP contribution is 2.26. The van der Waals surface area contributed by atoms with Gasteiger partial charge in [0.1, 0.15) is 5.75 Å². The number of carbonyl (C=O) groups is 1. The van der Waals surface area contributed by atoms with Gasteiger partial charge in [-0.25, -0.2) is 0 Å². The van der Waals surface area contributed by atoms with Crippen LogP contribution in [0.15, 0.2) is 24.3 Å². The summed E-state index contributed by atoms with van der Waals surface area (Å²) in [6, 6.07) is 7.18. The average Bonchev–Trinajstić information content (AvgIpc) is 2.22. The Labute approximate surface area is 100 Å². The van der Waals surface area contributed by atoms with Crippen molar-refractivity contribution in [1.82, 2.24) is 4.90 Å². The maximum atomic E-state index is 10.8. The van der Waals surface area contributed by atoms with Crippen LogP contribution in [0.5, 0.6) is 5.75 Å². The van der Waals surface area contributed by atoms with Crippen molar-refractivity contribution in [2.24, 2.45) is 11.8 Å². The summed E-state index contributed by atoms with van der Waals surface area (Å²) in [5.41, 5.74) is 1.06. The van der Waals surface area contributed by atoms with Crippen molar-refractivity contribution in [2.45, 2.75) is 13.5 Å². The number of benzene rings is 1. The predicted octanol–water partition coefficient (Wildman–Crippen LogP) is 1.54. The van der Waals surface area contributed by atoms with Crippen LogP contribution >= 0.6 is 0 Å². The Bertz CT molecular complexity index is 413. The van der Waals surface area contributed by atoms with E-state index in [1.165, 1.54) is 0 Å². The molecule has 4 heteroatoms. The Morgan fingerprint density at radius 2 is 2.24 bits per heavy atom. The molecular formula is C13H17NO3. The van der Waals surface area contributed by atoms with E-state index in [1.807, 2.05) is 12.1 Å². The van der Waals surface area contributed by atoms with Crippen molar-refractivity contribution in [3.05, 3.63) is 29.8 Å². The normalized spacial score (nSPS) is 18.6. The molecule has 1 fully saturated rings. The van der Waals surface area contributed by atoms with Crippen LogP contribution in [0.4, 0.5) is 0 Å². The van der Waals surface area contributed by atoms with Gasteiger partial charge in [-0.15, -0.1) is 0 Å². The minimum absolute atomic E-state index is 0.254. The van der Waals surface area contributed by atoms with Crippen LogP contribution in [0.1, 0.15) is 12.5 Å². The van der Waals surface area contributed by atoms with Crippen LogP contribution in [0.25, 0.3) is 0 Å². The number of carboxylic acid groups (broad SMARTS) is 1. The summed E-state index contributed by atoms with van der Waals surface area (Å²) in [5.74, 6) is -0.453. The van der Waals surface area contributed by atoms with E-state index in [9.17, 15) is 9.90 Å². The van der Waals surface area contributed by atoms with Gasteiger partial charge in [-0.1, -0.05) is 19.1 Å². The Morgan fingerprint density at radius 1 is 1.53 bits per heavy atom. The van der Waals surface area contributed by atoms with E-state index in [0.717, 1.165) is 25.2 Å². The lowest BCUT2D eigenvalue weighted by molar-refractivity contribution is -0.145. The van der Waals surface area contributed by atoms with Crippen LogP contribution < -0.4 is 0 Å². The summed E-state index contributed by atoms with van der Waals surface area (Å²) in [6.45, 7) is 4.18. The van der Waals surface area contributed by atoms with E-state index in [4.69, 9.17) is 5.11 Å². The smallest absolute Gasteiger partial charge is 0.306 e. The van der Waals surface area contributed by atoms with Gasteiger partial charge in [0.05, 0.1) is 5.92 Å². The van der Waals surface area contributed by atoms with E-state index in [-0.39, 0.29) is 17.6 Å². The molecule has 0 aromatic heterocycles. The van der Waals surface area contributed by atoms with Crippen molar-refractivity contribution in [1.29, 1.82) is 0 Å². The fourth-order valence-electron chi connectivity index (χ4n) is 2.17. The van der Waals surface area contributed by atoms with E-state index in [0.29, 0.717) is 0 Å². The van der Waals surface area contributed by atoms with Gasteiger partial charge in [0.15, 0.2) is 0 Å². The second kappa shape index (κ2) is 4.75. The predicted molar refractivity (Wildman–Crippen MR) is 63.7 cm³/mol. The quantitative estimate of drug-likeness (QED) is 0.831. The van der Waals surface area contributed by atoms with E-state index >= 15 is 0 Å². The minimum atomic E-state index is -0.716. The number of nitrogens with zero attached hydrogens (tertiary/aromatic N) is 1. The summed E-state index contributed by atoms with van der Waals surface area (Å²) in [5, 5.41) is 18.2. The molecule has 1 heterocycles. The standard InChI is InChI=1S/C13H17NO3/c1-9(13(16)17)11-7-14(8-11)6-10-3-2-4-12(15)5-10/h2-5,9,11,15H,6-8H2,1H3,(H,16,17). The SMILES string of the molecule is CC(C(=O)O)C1CN(Cc2cccc(O)c2)C1. The van der Waals surface area contributed by atoms with Crippen molar-refractivity contribution in [3.63, 3.8) is 0 Å². The number of rotatable bonds is 4. The number of phenols is 1. The van der Waals surface area contributed by atoms with E-state index in [1.54, 1.807) is 19.1 Å². The zero-order valence-electron chi connectivity index (χ0n) is 9.84. The van der Waals surface area contributed by atoms with Gasteiger partial charge in [0, 0.05) is 19.6 Å². The fraction of sp³-hybridized carbons (Fsp3) is 0.462. The van der Waals surface area contributed by atoms with E-state index in [2.05, 4.69) is 4.90 Å². The van der Waals surface area contributed by atoms with Crippen molar-refractivity contribution < 1.29 is 15.0 Å². The molecule has 0 bridgehead atoms. The molecule has 1 aromatic rings. The van der Waals surface area contributed by atoms with Gasteiger partial charge in [-0.2, -0.15) is 0 Å². The molecule has 1 aliphatic heterocycles. The summed E-state index contributed by atoms with van der Waals surface area (Å²) < 4.78 is 0. The lowest BCUT2D eigenvalue weighted by Crippen LogP contribution is -2.50. The van der Waals surface area contributed by atoms with Crippen LogP contribution in [0, 0.1) is 11.8 Å². The first-order valence-corrected chi connectivity index (χ1v) is 5.79. The zero-order chi connectivity index (χ0) is 12.4. The highest BCUT2D eigenvalue weighted by atomic mass is 16.4. The first-order valence-electron chi connectivity index (χ1n) is 5.79. The van der Waals surface area contributed by atoms with Gasteiger partial charge in [0.25, 0.3) is 0 Å². The number of hydrogen-bond acceptors (Lipinski definition) is 3. The first kappa shape index (κ1) is 11.9. The van der Waals surface area contributed by atoms with E-state index < -0.39 is 5.97 Å². The molecule has 1 saturated heterocycles. The van der Waals surface area contributed by atoms with Crippen LogP contribution in [-0.2, 0) is 11.3 Å². The first-order chi connectivity index (χ1) is 8.06. The van der Waals surface area contributed by atoms with Crippen molar-refractivity contribution in [2.75, 3.05) is 13.1 Å². The zero-order valence-corrected chi connectivity index (χ0v) is 9.84. The summed E-state index contributed by atoms with van der Waals surface area (Å²) in [6.07, 6.45) is 0. The van der Waals surface area contributed by atoms with Gasteiger partial charge in [-0.05, 0) is 23.6 Å². The monoisotopic (exact) mass is 235 g/mol. The highest BCUT2D eigenvalue weighted by Gasteiger charge is 2.34. The maximum absolute atomic E-state index is 10.8. The number of likely N-dealkylation sites (tertiary alicyclic amines) is 1. The van der Waals surface area contributed by atoms with Crippen molar-refractivity contribution >= 4 is 5.97 Å². The van der Waals surface area contributed by atoms with Gasteiger partial charge >= 0.3 is 5.97 Å². The third kappa shape index (κ3) is 2.77. The molecule has 2 N–H and O–H groups in total.